The van der Waals surface area contributed by atoms with Crippen LogP contribution in [0.15, 0.2) is 66.7 Å². The van der Waals surface area contributed by atoms with Crippen molar-refractivity contribution in [3.8, 4) is 0 Å². The fourth-order valence-corrected chi connectivity index (χ4v) is 2.44. The van der Waals surface area contributed by atoms with Crippen LogP contribution in [0.4, 0.5) is 5.69 Å². The lowest BCUT2D eigenvalue weighted by Crippen LogP contribution is -2.12. The first-order valence-corrected chi connectivity index (χ1v) is 7.26. The highest BCUT2D eigenvalue weighted by atomic mass is 35.5. The minimum Gasteiger partial charge on any atom is -0.387 e. The van der Waals surface area contributed by atoms with Gasteiger partial charge in [-0.3, -0.25) is 0 Å². The smallest absolute Gasteiger partial charge is 0.0962 e. The summed E-state index contributed by atoms with van der Waals surface area (Å²) < 4.78 is 0. The lowest BCUT2D eigenvalue weighted by Gasteiger charge is -2.14. The number of anilines is 1. The summed E-state index contributed by atoms with van der Waals surface area (Å²) in [6.45, 7) is 0.458. The van der Waals surface area contributed by atoms with E-state index in [9.17, 15) is 5.11 Å². The predicted molar refractivity (Wildman–Crippen MR) is 88.8 cm³/mol. The Morgan fingerprint density at radius 1 is 0.905 bits per heavy atom. The summed E-state index contributed by atoms with van der Waals surface area (Å²) >= 11 is 5.85. The molecule has 0 spiro atoms. The summed E-state index contributed by atoms with van der Waals surface area (Å²) in [6.07, 6.45) is -0.551. The first-order valence-electron chi connectivity index (χ1n) is 6.88. The molecule has 3 heteroatoms. The van der Waals surface area contributed by atoms with Crippen LogP contribution in [-0.4, -0.2) is 11.7 Å². The van der Waals surface area contributed by atoms with Crippen molar-refractivity contribution in [3.63, 3.8) is 0 Å². The molecule has 0 heterocycles. The van der Waals surface area contributed by atoms with E-state index in [1.807, 2.05) is 54.6 Å². The van der Waals surface area contributed by atoms with E-state index in [0.717, 1.165) is 16.6 Å². The van der Waals surface area contributed by atoms with E-state index < -0.39 is 6.10 Å². The average Bonchev–Trinajstić information content (AvgIpc) is 2.53. The SMILES string of the molecule is OC(CNc1ccc(Cl)cc1)c1ccc2ccccc2c1. The number of aliphatic hydroxyl groups excluding tert-OH is 1. The molecule has 0 amide bonds. The molecule has 21 heavy (non-hydrogen) atoms. The van der Waals surface area contributed by atoms with Gasteiger partial charge in [-0.05, 0) is 46.7 Å². The van der Waals surface area contributed by atoms with Crippen LogP contribution in [0.25, 0.3) is 10.8 Å². The molecule has 1 unspecified atom stereocenters. The van der Waals surface area contributed by atoms with Gasteiger partial charge in [0.25, 0.3) is 0 Å². The van der Waals surface area contributed by atoms with Crippen LogP contribution < -0.4 is 5.32 Å². The Morgan fingerprint density at radius 2 is 1.62 bits per heavy atom. The largest absolute Gasteiger partial charge is 0.387 e. The third-order valence-corrected chi connectivity index (χ3v) is 3.75. The molecular formula is C18H16ClNO. The average molecular weight is 298 g/mol. The van der Waals surface area contributed by atoms with Gasteiger partial charge in [0.1, 0.15) is 0 Å². The van der Waals surface area contributed by atoms with Crippen molar-refractivity contribution >= 4 is 28.1 Å². The van der Waals surface area contributed by atoms with Gasteiger partial charge in [0.2, 0.25) is 0 Å². The Labute approximate surface area is 129 Å². The quantitative estimate of drug-likeness (QED) is 0.735. The van der Waals surface area contributed by atoms with Crippen LogP contribution in [-0.2, 0) is 0 Å². The monoisotopic (exact) mass is 297 g/mol. The molecule has 0 aliphatic rings. The summed E-state index contributed by atoms with van der Waals surface area (Å²) in [5.74, 6) is 0. The molecule has 3 aromatic carbocycles. The maximum atomic E-state index is 10.3. The second-order valence-electron chi connectivity index (χ2n) is 5.01. The summed E-state index contributed by atoms with van der Waals surface area (Å²) in [5, 5.41) is 16.5. The number of halogens is 1. The molecule has 0 bridgehead atoms. The van der Waals surface area contributed by atoms with Gasteiger partial charge in [-0.25, -0.2) is 0 Å². The molecule has 0 aromatic heterocycles. The van der Waals surface area contributed by atoms with Crippen LogP contribution in [0.3, 0.4) is 0 Å². The number of rotatable bonds is 4. The van der Waals surface area contributed by atoms with Gasteiger partial charge < -0.3 is 10.4 Å². The molecule has 2 nitrogen and oxygen atoms in total. The van der Waals surface area contributed by atoms with Crippen LogP contribution in [0, 0.1) is 0 Å². The van der Waals surface area contributed by atoms with Crippen molar-refractivity contribution in [3.05, 3.63) is 77.3 Å². The molecule has 0 aliphatic carbocycles. The zero-order valence-electron chi connectivity index (χ0n) is 11.5. The number of aliphatic hydroxyl groups is 1. The maximum Gasteiger partial charge on any atom is 0.0962 e. The Balaban J connectivity index is 1.71. The van der Waals surface area contributed by atoms with E-state index in [-0.39, 0.29) is 0 Å². The lowest BCUT2D eigenvalue weighted by molar-refractivity contribution is 0.192. The third kappa shape index (κ3) is 3.35. The number of nitrogens with one attached hydrogen (secondary N) is 1. The molecule has 106 valence electrons. The Bertz CT molecular complexity index is 740. The molecule has 3 aromatic rings. The second kappa shape index (κ2) is 6.17. The van der Waals surface area contributed by atoms with E-state index in [4.69, 9.17) is 11.6 Å². The molecule has 2 N–H and O–H groups in total. The summed E-state index contributed by atoms with van der Waals surface area (Å²) in [7, 11) is 0. The second-order valence-corrected chi connectivity index (χ2v) is 5.45. The van der Waals surface area contributed by atoms with Crippen LogP contribution in [0.2, 0.25) is 5.02 Å². The number of benzene rings is 3. The van der Waals surface area contributed by atoms with Crippen molar-refractivity contribution in [1.82, 2.24) is 0 Å². The van der Waals surface area contributed by atoms with E-state index >= 15 is 0 Å². The van der Waals surface area contributed by atoms with Crippen molar-refractivity contribution in [2.24, 2.45) is 0 Å². The summed E-state index contributed by atoms with van der Waals surface area (Å²) in [4.78, 5) is 0. The fourth-order valence-electron chi connectivity index (χ4n) is 2.32. The van der Waals surface area contributed by atoms with Crippen LogP contribution in [0.1, 0.15) is 11.7 Å². The Hall–Kier alpha value is -2.03. The standard InChI is InChI=1S/C18H16ClNO/c19-16-7-9-17(10-8-16)20-12-18(21)15-6-5-13-3-1-2-4-14(13)11-15/h1-11,18,20-21H,12H2. The molecule has 3 rings (SSSR count). The fraction of sp³-hybridized carbons (Fsp3) is 0.111. The van der Waals surface area contributed by atoms with Crippen LogP contribution in [0.5, 0.6) is 0 Å². The highest BCUT2D eigenvalue weighted by Gasteiger charge is 2.08. The van der Waals surface area contributed by atoms with Crippen molar-refractivity contribution in [2.75, 3.05) is 11.9 Å². The molecule has 0 saturated carbocycles. The third-order valence-electron chi connectivity index (χ3n) is 3.50. The molecule has 0 radical (unpaired) electrons. The van der Waals surface area contributed by atoms with Gasteiger partial charge >= 0.3 is 0 Å². The highest BCUT2D eigenvalue weighted by molar-refractivity contribution is 6.30. The van der Waals surface area contributed by atoms with E-state index in [0.29, 0.717) is 11.6 Å². The zero-order valence-corrected chi connectivity index (χ0v) is 12.2. The first-order chi connectivity index (χ1) is 10.2. The van der Waals surface area contributed by atoms with Crippen molar-refractivity contribution in [2.45, 2.75) is 6.10 Å². The van der Waals surface area contributed by atoms with Gasteiger partial charge in [0.15, 0.2) is 0 Å². The minimum absolute atomic E-state index is 0.458. The Morgan fingerprint density at radius 3 is 2.38 bits per heavy atom. The van der Waals surface area contributed by atoms with E-state index in [1.54, 1.807) is 0 Å². The number of hydrogen-bond acceptors (Lipinski definition) is 2. The minimum atomic E-state index is -0.551. The molecular weight excluding hydrogens is 282 g/mol. The number of fused-ring (bicyclic) bond motifs is 1. The highest BCUT2D eigenvalue weighted by Crippen LogP contribution is 2.21. The first kappa shape index (κ1) is 13.9. The van der Waals surface area contributed by atoms with Crippen LogP contribution >= 0.6 is 11.6 Å². The maximum absolute atomic E-state index is 10.3. The normalized spacial score (nSPS) is 12.3. The summed E-state index contributed by atoms with van der Waals surface area (Å²) in [6, 6.07) is 21.6. The van der Waals surface area contributed by atoms with Gasteiger partial charge in [0.05, 0.1) is 6.10 Å². The number of hydrogen-bond donors (Lipinski definition) is 2. The lowest BCUT2D eigenvalue weighted by atomic mass is 10.0. The molecule has 0 aliphatic heterocycles. The van der Waals surface area contributed by atoms with Gasteiger partial charge in [-0.2, -0.15) is 0 Å². The van der Waals surface area contributed by atoms with E-state index in [1.165, 1.54) is 5.39 Å². The van der Waals surface area contributed by atoms with E-state index in [2.05, 4.69) is 17.4 Å². The summed E-state index contributed by atoms with van der Waals surface area (Å²) in [5.41, 5.74) is 1.86. The zero-order chi connectivity index (χ0) is 14.7. The van der Waals surface area contributed by atoms with Gasteiger partial charge in [-0.1, -0.05) is 48.0 Å². The molecule has 0 saturated heterocycles. The predicted octanol–water partition coefficient (Wildman–Crippen LogP) is 4.64. The molecule has 0 fully saturated rings. The van der Waals surface area contributed by atoms with Gasteiger partial charge in [-0.15, -0.1) is 0 Å². The Kier molecular flexibility index (Phi) is 4.09. The van der Waals surface area contributed by atoms with Crippen molar-refractivity contribution < 1.29 is 5.11 Å². The van der Waals surface area contributed by atoms with Crippen molar-refractivity contribution in [1.29, 1.82) is 0 Å². The van der Waals surface area contributed by atoms with Gasteiger partial charge in [0, 0.05) is 17.3 Å². The molecule has 1 atom stereocenters. The topological polar surface area (TPSA) is 32.3 Å².